The van der Waals surface area contributed by atoms with Gasteiger partial charge in [-0.2, -0.15) is 5.10 Å². The third-order valence-electron chi connectivity index (χ3n) is 5.56. The fraction of sp³-hybridized carbons (Fsp3) is 0.304. The number of ether oxygens (including phenoxy) is 1. The van der Waals surface area contributed by atoms with Crippen LogP contribution >= 0.6 is 0 Å². The first-order chi connectivity index (χ1) is 13.9. The summed E-state index contributed by atoms with van der Waals surface area (Å²) in [4.78, 5) is 14.9. The molecule has 4 rings (SSSR count). The molecule has 6 heteroatoms. The van der Waals surface area contributed by atoms with E-state index < -0.39 is 0 Å². The second-order valence-corrected chi connectivity index (χ2v) is 7.51. The van der Waals surface area contributed by atoms with Crippen molar-refractivity contribution in [2.24, 2.45) is 7.05 Å². The Bertz CT molecular complexity index is 1050. The minimum Gasteiger partial charge on any atom is -0.497 e. The predicted octanol–water partition coefficient (Wildman–Crippen LogP) is 4.30. The number of hydrogen-bond acceptors (Lipinski definition) is 3. The number of benzene rings is 2. The van der Waals surface area contributed by atoms with Crippen molar-refractivity contribution in [1.82, 2.24) is 14.7 Å². The number of amides is 1. The molecule has 1 amide bonds. The topological polar surface area (TPSA) is 47.4 Å². The second-order valence-electron chi connectivity index (χ2n) is 7.51. The summed E-state index contributed by atoms with van der Waals surface area (Å²) < 4.78 is 21.0. The van der Waals surface area contributed by atoms with Gasteiger partial charge in [-0.15, -0.1) is 0 Å². The molecule has 150 valence electrons. The largest absolute Gasteiger partial charge is 0.497 e. The molecule has 0 fully saturated rings. The van der Waals surface area contributed by atoms with E-state index in [1.807, 2.05) is 31.9 Å². The molecule has 3 aromatic rings. The average Bonchev–Trinajstić information content (AvgIpc) is 3.04. The summed E-state index contributed by atoms with van der Waals surface area (Å²) in [7, 11) is 3.47. The van der Waals surface area contributed by atoms with Crippen LogP contribution in [0.5, 0.6) is 5.75 Å². The molecule has 5 nitrogen and oxygen atoms in total. The lowest BCUT2D eigenvalue weighted by Gasteiger charge is -2.33. The standard InChI is InChI=1S/C23H24FN3O2/c1-14-11-17(13-18(24)12-14)22-20-9-10-27(15(2)21(20)25-26(22)3)23(28)16-5-7-19(29-4)8-6-16/h5-8,11-13,15H,9-10H2,1-4H3/t15-/m0/s1. The van der Waals surface area contributed by atoms with Crippen molar-refractivity contribution in [3.05, 3.63) is 70.7 Å². The van der Waals surface area contributed by atoms with Gasteiger partial charge in [-0.25, -0.2) is 4.39 Å². The van der Waals surface area contributed by atoms with Crippen LogP contribution in [0.1, 0.15) is 40.1 Å². The summed E-state index contributed by atoms with van der Waals surface area (Å²) in [5.41, 5.74) is 5.20. The Kier molecular flexibility index (Phi) is 4.86. The summed E-state index contributed by atoms with van der Waals surface area (Å²) in [6.45, 7) is 4.46. The molecule has 0 aliphatic carbocycles. The zero-order valence-corrected chi connectivity index (χ0v) is 17.1. The van der Waals surface area contributed by atoms with Gasteiger partial charge in [0, 0.05) is 30.3 Å². The van der Waals surface area contributed by atoms with E-state index in [9.17, 15) is 9.18 Å². The minimum atomic E-state index is -0.255. The number of aromatic nitrogens is 2. The van der Waals surface area contributed by atoms with Crippen molar-refractivity contribution in [1.29, 1.82) is 0 Å². The number of aryl methyl sites for hydroxylation is 2. The van der Waals surface area contributed by atoms with Gasteiger partial charge in [0.1, 0.15) is 11.6 Å². The predicted molar refractivity (Wildman–Crippen MR) is 109 cm³/mol. The third-order valence-corrected chi connectivity index (χ3v) is 5.56. The van der Waals surface area contributed by atoms with E-state index in [0.717, 1.165) is 33.8 Å². The monoisotopic (exact) mass is 393 g/mol. The quantitative estimate of drug-likeness (QED) is 0.666. The molecule has 0 N–H and O–H groups in total. The van der Waals surface area contributed by atoms with E-state index in [2.05, 4.69) is 0 Å². The van der Waals surface area contributed by atoms with Gasteiger partial charge < -0.3 is 9.64 Å². The maximum Gasteiger partial charge on any atom is 0.254 e. The highest BCUT2D eigenvalue weighted by Crippen LogP contribution is 2.36. The van der Waals surface area contributed by atoms with E-state index in [0.29, 0.717) is 18.5 Å². The van der Waals surface area contributed by atoms with E-state index in [4.69, 9.17) is 9.84 Å². The van der Waals surface area contributed by atoms with Crippen LogP contribution in [0.15, 0.2) is 42.5 Å². The zero-order valence-electron chi connectivity index (χ0n) is 17.1. The number of carbonyl (C=O) groups excluding carboxylic acids is 1. The van der Waals surface area contributed by atoms with Crippen molar-refractivity contribution in [2.75, 3.05) is 13.7 Å². The molecule has 1 aromatic heterocycles. The van der Waals surface area contributed by atoms with Crippen LogP contribution in [-0.4, -0.2) is 34.2 Å². The first-order valence-electron chi connectivity index (χ1n) is 9.67. The van der Waals surface area contributed by atoms with Crippen molar-refractivity contribution >= 4 is 5.91 Å². The molecule has 0 saturated carbocycles. The van der Waals surface area contributed by atoms with Gasteiger partial charge in [-0.05, 0) is 68.3 Å². The molecule has 0 radical (unpaired) electrons. The Balaban J connectivity index is 1.68. The van der Waals surface area contributed by atoms with Crippen molar-refractivity contribution in [3.8, 4) is 17.0 Å². The molecule has 0 unspecified atom stereocenters. The lowest BCUT2D eigenvalue weighted by Crippen LogP contribution is -2.38. The van der Waals surface area contributed by atoms with Gasteiger partial charge in [0.25, 0.3) is 5.91 Å². The molecule has 2 aromatic carbocycles. The summed E-state index contributed by atoms with van der Waals surface area (Å²) in [5, 5.41) is 4.70. The van der Waals surface area contributed by atoms with Gasteiger partial charge in [0.15, 0.2) is 0 Å². The van der Waals surface area contributed by atoms with Gasteiger partial charge in [0.2, 0.25) is 0 Å². The van der Waals surface area contributed by atoms with Crippen LogP contribution in [0, 0.1) is 12.7 Å². The van der Waals surface area contributed by atoms with Gasteiger partial charge >= 0.3 is 0 Å². The van der Waals surface area contributed by atoms with Gasteiger partial charge in [-0.1, -0.05) is 0 Å². The smallest absolute Gasteiger partial charge is 0.254 e. The maximum atomic E-state index is 14.0. The SMILES string of the molecule is COc1ccc(C(=O)N2CCc3c(nn(C)c3-c3cc(C)cc(F)c3)[C@@H]2C)cc1. The number of rotatable bonds is 3. The zero-order chi connectivity index (χ0) is 20.7. The second kappa shape index (κ2) is 7.35. The molecule has 0 spiro atoms. The first kappa shape index (κ1) is 19.2. The molecule has 1 atom stereocenters. The summed E-state index contributed by atoms with van der Waals surface area (Å²) >= 11 is 0. The molecular weight excluding hydrogens is 369 g/mol. The van der Waals surface area contributed by atoms with Crippen molar-refractivity contribution < 1.29 is 13.9 Å². The van der Waals surface area contributed by atoms with Crippen LogP contribution in [-0.2, 0) is 13.5 Å². The lowest BCUT2D eigenvalue weighted by molar-refractivity contribution is 0.0673. The Hall–Kier alpha value is -3.15. The molecule has 0 saturated heterocycles. The van der Waals surface area contributed by atoms with Crippen LogP contribution in [0.3, 0.4) is 0 Å². The third kappa shape index (κ3) is 3.39. The highest BCUT2D eigenvalue weighted by molar-refractivity contribution is 5.94. The molecule has 2 heterocycles. The summed E-state index contributed by atoms with van der Waals surface area (Å²) in [6.07, 6.45) is 0.681. The summed E-state index contributed by atoms with van der Waals surface area (Å²) in [5.74, 6) is 0.435. The Morgan fingerprint density at radius 1 is 1.21 bits per heavy atom. The van der Waals surface area contributed by atoms with Crippen LogP contribution in [0.2, 0.25) is 0 Å². The fourth-order valence-corrected chi connectivity index (χ4v) is 4.16. The Labute approximate surface area is 169 Å². The summed E-state index contributed by atoms with van der Waals surface area (Å²) in [6, 6.07) is 12.0. The Morgan fingerprint density at radius 2 is 1.93 bits per heavy atom. The lowest BCUT2D eigenvalue weighted by atomic mass is 9.94. The normalized spacial score (nSPS) is 15.9. The van der Waals surface area contributed by atoms with E-state index in [-0.39, 0.29) is 17.8 Å². The minimum absolute atomic E-state index is 0.0281. The van der Waals surface area contributed by atoms with Gasteiger partial charge in [-0.3, -0.25) is 9.48 Å². The molecule has 0 bridgehead atoms. The van der Waals surface area contributed by atoms with Gasteiger partial charge in [0.05, 0.1) is 24.5 Å². The number of methoxy groups -OCH3 is 1. The van der Waals surface area contributed by atoms with Crippen molar-refractivity contribution in [3.63, 3.8) is 0 Å². The van der Waals surface area contributed by atoms with Crippen LogP contribution in [0.25, 0.3) is 11.3 Å². The number of carbonyl (C=O) groups is 1. The van der Waals surface area contributed by atoms with E-state index in [1.54, 1.807) is 42.1 Å². The fourth-order valence-electron chi connectivity index (χ4n) is 4.16. The van der Waals surface area contributed by atoms with E-state index >= 15 is 0 Å². The number of hydrogen-bond donors (Lipinski definition) is 0. The van der Waals surface area contributed by atoms with Crippen LogP contribution in [0.4, 0.5) is 4.39 Å². The highest BCUT2D eigenvalue weighted by Gasteiger charge is 2.33. The molecule has 1 aliphatic heterocycles. The average molecular weight is 393 g/mol. The Morgan fingerprint density at radius 3 is 2.59 bits per heavy atom. The van der Waals surface area contributed by atoms with Crippen LogP contribution < -0.4 is 4.74 Å². The van der Waals surface area contributed by atoms with E-state index in [1.165, 1.54) is 6.07 Å². The number of halogens is 1. The molecule has 1 aliphatic rings. The number of nitrogens with zero attached hydrogens (tertiary/aromatic N) is 3. The molecular formula is C23H24FN3O2. The number of fused-ring (bicyclic) bond motifs is 1. The highest BCUT2D eigenvalue weighted by atomic mass is 19.1. The molecule has 29 heavy (non-hydrogen) atoms. The van der Waals surface area contributed by atoms with Crippen molar-refractivity contribution in [2.45, 2.75) is 26.3 Å². The maximum absolute atomic E-state index is 14.0. The first-order valence-corrected chi connectivity index (χ1v) is 9.67.